The Morgan fingerprint density at radius 2 is 2.50 bits per heavy atom. The second-order valence-electron chi connectivity index (χ2n) is 1.40. The molecule has 0 aromatic carbocycles. The minimum atomic E-state index is -0.589. The standard InChI is InChI=1S/C5H5NO2/c7-4-1-2-6-5(8)3-4/h1-2H,3H2,(H,6,8)/i1D,2D. The normalized spacial score (nSPS) is 24.5. The van der Waals surface area contributed by atoms with Gasteiger partial charge in [-0.25, -0.2) is 0 Å². The number of hydrogen-bond acceptors (Lipinski definition) is 2. The SMILES string of the molecule is [2H]C1=C([2H])C(=O)CC(=O)N1. The van der Waals surface area contributed by atoms with Crippen LogP contribution in [0.5, 0.6) is 0 Å². The Kier molecular flexibility index (Phi) is 0.670. The zero-order valence-corrected chi connectivity index (χ0v) is 4.02. The van der Waals surface area contributed by atoms with Crippen molar-refractivity contribution >= 4 is 11.7 Å². The van der Waals surface area contributed by atoms with Crippen LogP contribution in [0.3, 0.4) is 0 Å². The summed E-state index contributed by atoms with van der Waals surface area (Å²) in [4.78, 5) is 21.0. The van der Waals surface area contributed by atoms with E-state index in [0.29, 0.717) is 0 Å². The van der Waals surface area contributed by atoms with E-state index in [2.05, 4.69) is 5.32 Å². The van der Waals surface area contributed by atoms with E-state index >= 15 is 0 Å². The molecule has 0 saturated carbocycles. The molecule has 1 amide bonds. The maximum atomic E-state index is 10.6. The lowest BCUT2D eigenvalue weighted by molar-refractivity contribution is -0.126. The van der Waals surface area contributed by atoms with Crippen molar-refractivity contribution in [1.29, 1.82) is 0 Å². The highest BCUT2D eigenvalue weighted by Crippen LogP contribution is 1.90. The second-order valence-corrected chi connectivity index (χ2v) is 1.40. The highest BCUT2D eigenvalue weighted by atomic mass is 16.2. The predicted octanol–water partition coefficient (Wildman–Crippen LogP) is -0.411. The van der Waals surface area contributed by atoms with Gasteiger partial charge < -0.3 is 5.32 Å². The average molecular weight is 113 g/mol. The van der Waals surface area contributed by atoms with E-state index in [1.54, 1.807) is 0 Å². The lowest BCUT2D eigenvalue weighted by Gasteiger charge is -2.00. The van der Waals surface area contributed by atoms with E-state index in [-0.39, 0.29) is 6.42 Å². The number of carbonyl (C=O) groups is 2. The Labute approximate surface area is 49.2 Å². The van der Waals surface area contributed by atoms with Gasteiger partial charge in [0.1, 0.15) is 0 Å². The van der Waals surface area contributed by atoms with Crippen molar-refractivity contribution in [3.63, 3.8) is 0 Å². The van der Waals surface area contributed by atoms with E-state index < -0.39 is 23.9 Å². The number of hydrogen-bond donors (Lipinski definition) is 1. The van der Waals surface area contributed by atoms with Gasteiger partial charge in [0.05, 0.1) is 9.16 Å². The monoisotopic (exact) mass is 113 g/mol. The van der Waals surface area contributed by atoms with E-state index in [1.807, 2.05) is 0 Å². The molecule has 1 aliphatic rings. The molecule has 0 saturated heterocycles. The summed E-state index contributed by atoms with van der Waals surface area (Å²) in [6.07, 6.45) is -0.706. The topological polar surface area (TPSA) is 46.2 Å². The van der Waals surface area contributed by atoms with Crippen LogP contribution in [-0.4, -0.2) is 11.7 Å². The fourth-order valence-corrected chi connectivity index (χ4v) is 0.405. The number of allylic oxidation sites excluding steroid dienone is 1. The second kappa shape index (κ2) is 1.78. The van der Waals surface area contributed by atoms with Crippen molar-refractivity contribution < 1.29 is 12.3 Å². The lowest BCUT2D eigenvalue weighted by atomic mass is 10.2. The summed E-state index contributed by atoms with van der Waals surface area (Å²) in [5, 5.41) is 2.06. The molecule has 0 unspecified atom stereocenters. The molecule has 0 bridgehead atoms. The molecule has 0 aliphatic carbocycles. The molecule has 3 nitrogen and oxygen atoms in total. The van der Waals surface area contributed by atoms with Gasteiger partial charge >= 0.3 is 0 Å². The van der Waals surface area contributed by atoms with Gasteiger partial charge in [0.25, 0.3) is 0 Å². The zero-order valence-electron chi connectivity index (χ0n) is 6.02. The maximum absolute atomic E-state index is 10.6. The fraction of sp³-hybridized carbons (Fsp3) is 0.200. The molecule has 0 radical (unpaired) electrons. The summed E-state index contributed by atoms with van der Waals surface area (Å²) < 4.78 is 13.8. The first-order valence-corrected chi connectivity index (χ1v) is 2.12. The summed E-state index contributed by atoms with van der Waals surface area (Å²) >= 11 is 0. The molecule has 0 aromatic rings. The molecule has 0 spiro atoms. The first kappa shape index (κ1) is 3.02. The number of nitrogens with one attached hydrogen (secondary N) is 1. The van der Waals surface area contributed by atoms with Crippen molar-refractivity contribution in [3.05, 3.63) is 12.2 Å². The Morgan fingerprint density at radius 3 is 3.12 bits per heavy atom. The molecule has 1 heterocycles. The van der Waals surface area contributed by atoms with Gasteiger partial charge in [0.15, 0.2) is 5.78 Å². The maximum Gasteiger partial charge on any atom is 0.231 e. The van der Waals surface area contributed by atoms with Crippen LogP contribution in [0.2, 0.25) is 0 Å². The van der Waals surface area contributed by atoms with Crippen LogP contribution < -0.4 is 5.32 Å². The van der Waals surface area contributed by atoms with Crippen LogP contribution >= 0.6 is 0 Å². The molecule has 1 N–H and O–H groups in total. The van der Waals surface area contributed by atoms with Gasteiger partial charge in [-0.15, -0.1) is 0 Å². The van der Waals surface area contributed by atoms with Crippen LogP contribution in [0, 0.1) is 0 Å². The molecule has 1 rings (SSSR count). The van der Waals surface area contributed by atoms with E-state index in [4.69, 9.17) is 2.74 Å². The zero-order chi connectivity index (χ0) is 7.72. The van der Waals surface area contributed by atoms with Crippen LogP contribution in [0.15, 0.2) is 12.2 Å². The van der Waals surface area contributed by atoms with Crippen molar-refractivity contribution in [2.45, 2.75) is 6.42 Å². The van der Waals surface area contributed by atoms with Gasteiger partial charge in [-0.2, -0.15) is 0 Å². The Bertz CT molecular complexity index is 234. The van der Waals surface area contributed by atoms with Crippen molar-refractivity contribution in [3.8, 4) is 0 Å². The Balaban J connectivity index is 2.95. The third-order valence-corrected chi connectivity index (χ3v) is 0.725. The first-order chi connectivity index (χ1) is 4.61. The van der Waals surface area contributed by atoms with Gasteiger partial charge in [-0.1, -0.05) is 0 Å². The molecule has 1 aliphatic heterocycles. The average Bonchev–Trinajstić information content (AvgIpc) is 1.82. The third kappa shape index (κ3) is 0.932. The third-order valence-electron chi connectivity index (χ3n) is 0.725. The van der Waals surface area contributed by atoms with Gasteiger partial charge in [0.2, 0.25) is 5.91 Å². The predicted molar refractivity (Wildman–Crippen MR) is 26.9 cm³/mol. The summed E-state index contributed by atoms with van der Waals surface area (Å²) in [6.45, 7) is 0. The number of rotatable bonds is 0. The summed E-state index contributed by atoms with van der Waals surface area (Å²) in [6, 6.07) is -0.417. The van der Waals surface area contributed by atoms with E-state index in [0.717, 1.165) is 0 Å². The van der Waals surface area contributed by atoms with Gasteiger partial charge in [0, 0.05) is 6.18 Å². The lowest BCUT2D eigenvalue weighted by Crippen LogP contribution is -2.24. The molecular weight excluding hydrogens is 106 g/mol. The van der Waals surface area contributed by atoms with Crippen molar-refractivity contribution in [1.82, 2.24) is 5.32 Å². The summed E-state index contributed by atoms with van der Waals surface area (Å²) in [5.41, 5.74) is 0. The number of carbonyl (C=O) groups excluding carboxylic acids is 2. The molecule has 0 aromatic heterocycles. The number of ketones is 1. The molecule has 8 heavy (non-hydrogen) atoms. The van der Waals surface area contributed by atoms with Crippen molar-refractivity contribution in [2.75, 3.05) is 0 Å². The van der Waals surface area contributed by atoms with E-state index in [9.17, 15) is 9.59 Å². The van der Waals surface area contributed by atoms with Crippen LogP contribution in [0.4, 0.5) is 0 Å². The Hall–Kier alpha value is -1.12. The van der Waals surface area contributed by atoms with Crippen LogP contribution in [0.1, 0.15) is 9.16 Å². The minimum Gasteiger partial charge on any atom is -0.332 e. The van der Waals surface area contributed by atoms with Crippen molar-refractivity contribution in [2.24, 2.45) is 0 Å². The van der Waals surface area contributed by atoms with Crippen LogP contribution in [-0.2, 0) is 9.59 Å². The van der Waals surface area contributed by atoms with Gasteiger partial charge in [-0.05, 0) is 6.05 Å². The summed E-state index contributed by atoms with van der Waals surface area (Å²) in [7, 11) is 0. The molecular formula is C5H5NO2. The minimum absolute atomic E-state index is 0.304. The van der Waals surface area contributed by atoms with E-state index in [1.165, 1.54) is 0 Å². The molecule has 0 atom stereocenters. The molecule has 42 valence electrons. The fourth-order valence-electron chi connectivity index (χ4n) is 0.405. The first-order valence-electron chi connectivity index (χ1n) is 3.12. The Morgan fingerprint density at radius 1 is 1.75 bits per heavy atom. The van der Waals surface area contributed by atoms with Gasteiger partial charge in [-0.3, -0.25) is 9.59 Å². The summed E-state index contributed by atoms with van der Waals surface area (Å²) in [5.74, 6) is -1.10. The number of amides is 1. The highest BCUT2D eigenvalue weighted by molar-refractivity contribution is 6.06. The van der Waals surface area contributed by atoms with Crippen LogP contribution in [0.25, 0.3) is 0 Å². The highest BCUT2D eigenvalue weighted by Gasteiger charge is 2.08. The largest absolute Gasteiger partial charge is 0.332 e. The molecule has 3 heteroatoms. The molecule has 0 fully saturated rings. The quantitative estimate of drug-likeness (QED) is 0.434. The smallest absolute Gasteiger partial charge is 0.231 e.